The van der Waals surface area contributed by atoms with Crippen LogP contribution in [0.4, 0.5) is 5.69 Å². The normalized spacial score (nSPS) is 10.8. The lowest BCUT2D eigenvalue weighted by Crippen LogP contribution is -2.23. The molecule has 0 bridgehead atoms. The van der Waals surface area contributed by atoms with E-state index in [1.54, 1.807) is 31.3 Å². The third kappa shape index (κ3) is 3.56. The number of rotatable bonds is 4. The molecule has 0 aliphatic carbocycles. The summed E-state index contributed by atoms with van der Waals surface area (Å²) in [5, 5.41) is 4.04. The molecule has 0 aliphatic heterocycles. The number of benzene rings is 2. The van der Waals surface area contributed by atoms with Crippen molar-refractivity contribution in [3.05, 3.63) is 69.2 Å². The molecule has 25 heavy (non-hydrogen) atoms. The number of para-hydroxylation sites is 1. The van der Waals surface area contributed by atoms with Gasteiger partial charge in [-0.15, -0.1) is 0 Å². The Morgan fingerprint density at radius 3 is 2.76 bits per heavy atom. The molecule has 5 nitrogen and oxygen atoms in total. The van der Waals surface area contributed by atoms with Crippen molar-refractivity contribution in [2.45, 2.75) is 19.8 Å². The number of carbonyl (C=O) groups is 1. The van der Waals surface area contributed by atoms with E-state index in [1.165, 1.54) is 4.57 Å². The molecular weight excluding hydrogens is 338 g/mol. The molecular formula is C19H18ClN3O2. The number of aromatic nitrogens is 2. The zero-order valence-electron chi connectivity index (χ0n) is 14.0. The number of nitrogens with one attached hydrogen (secondary N) is 1. The number of halogens is 1. The Bertz CT molecular complexity index is 1010. The summed E-state index contributed by atoms with van der Waals surface area (Å²) in [6.07, 6.45) is 0.604. The van der Waals surface area contributed by atoms with Gasteiger partial charge in [-0.25, -0.2) is 4.98 Å². The quantitative estimate of drug-likeness (QED) is 0.779. The third-order valence-electron chi connectivity index (χ3n) is 4.19. The van der Waals surface area contributed by atoms with Gasteiger partial charge in [0, 0.05) is 30.6 Å². The summed E-state index contributed by atoms with van der Waals surface area (Å²) >= 11 is 6.06. The van der Waals surface area contributed by atoms with Crippen LogP contribution in [0.2, 0.25) is 5.02 Å². The van der Waals surface area contributed by atoms with E-state index < -0.39 is 0 Å². The number of hydrogen-bond acceptors (Lipinski definition) is 3. The van der Waals surface area contributed by atoms with Crippen LogP contribution in [0.1, 0.15) is 17.8 Å². The molecule has 0 aliphatic rings. The fourth-order valence-corrected chi connectivity index (χ4v) is 2.84. The Kier molecular flexibility index (Phi) is 4.86. The molecule has 1 aromatic heterocycles. The average molecular weight is 356 g/mol. The molecule has 2 aromatic carbocycles. The van der Waals surface area contributed by atoms with Crippen LogP contribution in [-0.2, 0) is 18.3 Å². The number of aryl methyl sites for hydroxylation is 1. The SMILES string of the molecule is Cc1c(Cl)cccc1NC(=O)CCc1nc2ccccc2c(=O)n1C. The molecule has 3 aromatic rings. The van der Waals surface area contributed by atoms with E-state index in [1.807, 2.05) is 25.1 Å². The van der Waals surface area contributed by atoms with E-state index in [2.05, 4.69) is 10.3 Å². The predicted molar refractivity (Wildman–Crippen MR) is 100 cm³/mol. The van der Waals surface area contributed by atoms with E-state index in [0.717, 1.165) is 5.56 Å². The number of amides is 1. The summed E-state index contributed by atoms with van der Waals surface area (Å²) in [7, 11) is 1.68. The summed E-state index contributed by atoms with van der Waals surface area (Å²) in [4.78, 5) is 29.1. The standard InChI is InChI=1S/C19H18ClN3O2/c1-12-14(20)7-5-9-15(12)22-18(24)11-10-17-21-16-8-4-3-6-13(16)19(25)23(17)2/h3-9H,10-11H2,1-2H3,(H,22,24). The van der Waals surface area contributed by atoms with Gasteiger partial charge in [0.2, 0.25) is 5.91 Å². The van der Waals surface area contributed by atoms with Crippen molar-refractivity contribution in [3.63, 3.8) is 0 Å². The second-order valence-corrected chi connectivity index (χ2v) is 6.28. The largest absolute Gasteiger partial charge is 0.326 e. The van der Waals surface area contributed by atoms with Crippen LogP contribution >= 0.6 is 11.6 Å². The van der Waals surface area contributed by atoms with Gasteiger partial charge in [0.1, 0.15) is 5.82 Å². The van der Waals surface area contributed by atoms with Crippen LogP contribution in [0.15, 0.2) is 47.3 Å². The first-order valence-electron chi connectivity index (χ1n) is 7.97. The number of hydrogen-bond donors (Lipinski definition) is 1. The first kappa shape index (κ1) is 17.2. The molecule has 0 unspecified atom stereocenters. The second-order valence-electron chi connectivity index (χ2n) is 5.87. The molecule has 1 N–H and O–H groups in total. The Hall–Kier alpha value is -2.66. The summed E-state index contributed by atoms with van der Waals surface area (Å²) < 4.78 is 1.50. The van der Waals surface area contributed by atoms with E-state index in [0.29, 0.717) is 33.9 Å². The minimum absolute atomic E-state index is 0.105. The molecule has 3 rings (SSSR count). The lowest BCUT2D eigenvalue weighted by Gasteiger charge is -2.11. The average Bonchev–Trinajstić information content (AvgIpc) is 2.61. The highest BCUT2D eigenvalue weighted by Crippen LogP contribution is 2.23. The van der Waals surface area contributed by atoms with Crippen LogP contribution in [0.25, 0.3) is 10.9 Å². The number of fused-ring (bicyclic) bond motifs is 1. The van der Waals surface area contributed by atoms with Crippen molar-refractivity contribution >= 4 is 34.1 Å². The lowest BCUT2D eigenvalue weighted by molar-refractivity contribution is -0.116. The van der Waals surface area contributed by atoms with Gasteiger partial charge in [0.15, 0.2) is 0 Å². The molecule has 0 fully saturated rings. The first-order chi connectivity index (χ1) is 12.0. The smallest absolute Gasteiger partial charge is 0.261 e. The van der Waals surface area contributed by atoms with Crippen LogP contribution < -0.4 is 10.9 Å². The highest BCUT2D eigenvalue weighted by Gasteiger charge is 2.11. The van der Waals surface area contributed by atoms with Crippen molar-refractivity contribution in [3.8, 4) is 0 Å². The van der Waals surface area contributed by atoms with Crippen molar-refractivity contribution in [2.75, 3.05) is 5.32 Å². The molecule has 0 saturated carbocycles. The summed E-state index contributed by atoms with van der Waals surface area (Å²) in [6.45, 7) is 1.85. The van der Waals surface area contributed by atoms with E-state index in [4.69, 9.17) is 11.6 Å². The molecule has 6 heteroatoms. The van der Waals surface area contributed by atoms with Gasteiger partial charge >= 0.3 is 0 Å². The van der Waals surface area contributed by atoms with Gasteiger partial charge in [-0.05, 0) is 36.8 Å². The topological polar surface area (TPSA) is 64.0 Å². The fourth-order valence-electron chi connectivity index (χ4n) is 2.67. The Labute approximate surface area is 150 Å². The van der Waals surface area contributed by atoms with Gasteiger partial charge in [0.05, 0.1) is 10.9 Å². The second kappa shape index (κ2) is 7.07. The van der Waals surface area contributed by atoms with Crippen LogP contribution in [-0.4, -0.2) is 15.5 Å². The number of carbonyl (C=O) groups excluding carboxylic acids is 1. The first-order valence-corrected chi connectivity index (χ1v) is 8.35. The van der Waals surface area contributed by atoms with E-state index in [9.17, 15) is 9.59 Å². The van der Waals surface area contributed by atoms with Gasteiger partial charge in [0.25, 0.3) is 5.56 Å². The third-order valence-corrected chi connectivity index (χ3v) is 4.60. The van der Waals surface area contributed by atoms with E-state index >= 15 is 0 Å². The maximum atomic E-state index is 12.4. The number of anilines is 1. The maximum absolute atomic E-state index is 12.4. The molecule has 1 heterocycles. The molecule has 0 radical (unpaired) electrons. The van der Waals surface area contributed by atoms with Crippen molar-refractivity contribution < 1.29 is 4.79 Å². The summed E-state index contributed by atoms with van der Waals surface area (Å²) in [6, 6.07) is 12.6. The maximum Gasteiger partial charge on any atom is 0.261 e. The molecule has 128 valence electrons. The van der Waals surface area contributed by atoms with Crippen LogP contribution in [0, 0.1) is 6.92 Å². The van der Waals surface area contributed by atoms with Crippen LogP contribution in [0.5, 0.6) is 0 Å². The molecule has 0 atom stereocenters. The fraction of sp³-hybridized carbons (Fsp3) is 0.211. The minimum atomic E-state index is -0.146. The molecule has 0 saturated heterocycles. The van der Waals surface area contributed by atoms with Gasteiger partial charge < -0.3 is 5.32 Å². The minimum Gasteiger partial charge on any atom is -0.326 e. The Morgan fingerprint density at radius 1 is 1.20 bits per heavy atom. The summed E-state index contributed by atoms with van der Waals surface area (Å²) in [5.41, 5.74) is 2.06. The van der Waals surface area contributed by atoms with Gasteiger partial charge in [-0.3, -0.25) is 14.2 Å². The lowest BCUT2D eigenvalue weighted by atomic mass is 10.2. The summed E-state index contributed by atoms with van der Waals surface area (Å²) in [5.74, 6) is 0.439. The van der Waals surface area contributed by atoms with Crippen molar-refractivity contribution in [1.29, 1.82) is 0 Å². The van der Waals surface area contributed by atoms with Gasteiger partial charge in [-0.1, -0.05) is 29.8 Å². The molecule has 0 spiro atoms. The Balaban J connectivity index is 1.76. The number of nitrogens with zero attached hydrogens (tertiary/aromatic N) is 2. The van der Waals surface area contributed by atoms with E-state index in [-0.39, 0.29) is 17.9 Å². The highest BCUT2D eigenvalue weighted by molar-refractivity contribution is 6.31. The van der Waals surface area contributed by atoms with Crippen molar-refractivity contribution in [1.82, 2.24) is 9.55 Å². The zero-order valence-corrected chi connectivity index (χ0v) is 14.8. The van der Waals surface area contributed by atoms with Crippen LogP contribution in [0.3, 0.4) is 0 Å². The van der Waals surface area contributed by atoms with Gasteiger partial charge in [-0.2, -0.15) is 0 Å². The molecule has 1 amide bonds. The monoisotopic (exact) mass is 355 g/mol. The predicted octanol–water partition coefficient (Wildman–Crippen LogP) is 3.47. The highest BCUT2D eigenvalue weighted by atomic mass is 35.5. The Morgan fingerprint density at radius 2 is 1.96 bits per heavy atom. The zero-order chi connectivity index (χ0) is 18.0. The van der Waals surface area contributed by atoms with Crippen molar-refractivity contribution in [2.24, 2.45) is 7.05 Å².